The largest absolute Gasteiger partial charge is 0.118 e. The van der Waals surface area contributed by atoms with Crippen LogP contribution in [0.5, 0.6) is 0 Å². The molecule has 1 rings (SSSR count). The van der Waals surface area contributed by atoms with Gasteiger partial charge in [0, 0.05) is 0 Å². The second-order valence-electron chi connectivity index (χ2n) is 2.24. The fraction of sp³-hybridized carbons (Fsp3) is 0.250. The third kappa shape index (κ3) is 1.71. The van der Waals surface area contributed by atoms with Crippen molar-refractivity contribution in [3.05, 3.63) is 29.8 Å². The lowest BCUT2D eigenvalue weighted by Crippen LogP contribution is -2.00. The Balaban J connectivity index is 3.03. The van der Waals surface area contributed by atoms with E-state index in [0.29, 0.717) is 0 Å². The summed E-state index contributed by atoms with van der Waals surface area (Å²) in [6.45, 7) is 1.98. The summed E-state index contributed by atoms with van der Waals surface area (Å²) >= 11 is 5.90. The first-order chi connectivity index (χ1) is 4.72. The van der Waals surface area contributed by atoms with Crippen LogP contribution in [0.25, 0.3) is 0 Å². The predicted octanol–water partition coefficient (Wildman–Crippen LogP) is 2.49. The van der Waals surface area contributed by atoms with Gasteiger partial charge in [0.05, 0.1) is 5.38 Å². The van der Waals surface area contributed by atoms with E-state index in [9.17, 15) is 0 Å². The lowest BCUT2D eigenvalue weighted by Gasteiger charge is -2.05. The molecule has 1 aromatic carbocycles. The van der Waals surface area contributed by atoms with Gasteiger partial charge in [0.1, 0.15) is 0 Å². The van der Waals surface area contributed by atoms with Gasteiger partial charge in [0.2, 0.25) is 0 Å². The highest BCUT2D eigenvalue weighted by Gasteiger charge is 2.01. The minimum Gasteiger partial charge on any atom is -0.118 e. The maximum atomic E-state index is 5.90. The molecule has 0 saturated heterocycles. The molecule has 0 aliphatic carbocycles. The molecule has 54 valence electrons. The molecule has 0 fully saturated rings. The second-order valence-corrected chi connectivity index (χ2v) is 3.52. The summed E-state index contributed by atoms with van der Waals surface area (Å²) < 4.78 is 0. The van der Waals surface area contributed by atoms with Gasteiger partial charge in [0.15, 0.2) is 0 Å². The monoisotopic (exact) mass is 172 g/mol. The van der Waals surface area contributed by atoms with Crippen molar-refractivity contribution in [2.24, 2.45) is 0 Å². The molecule has 2 atom stereocenters. The van der Waals surface area contributed by atoms with Crippen LogP contribution < -0.4 is 5.30 Å². The molecular weight excluding hydrogens is 163 g/mol. The van der Waals surface area contributed by atoms with Crippen molar-refractivity contribution in [3.8, 4) is 0 Å². The number of alkyl halides is 1. The molecule has 0 spiro atoms. The fourth-order valence-corrected chi connectivity index (χ4v) is 1.63. The van der Waals surface area contributed by atoms with Crippen LogP contribution in [0.4, 0.5) is 0 Å². The second kappa shape index (κ2) is 3.37. The summed E-state index contributed by atoms with van der Waals surface area (Å²) in [5.74, 6) is 0. The van der Waals surface area contributed by atoms with Crippen molar-refractivity contribution in [1.29, 1.82) is 0 Å². The summed E-state index contributed by atoms with van der Waals surface area (Å²) in [7, 11) is 2.67. The zero-order chi connectivity index (χ0) is 7.56. The fourth-order valence-electron chi connectivity index (χ4n) is 0.873. The lowest BCUT2D eigenvalue weighted by molar-refractivity contribution is 1.10. The molecule has 0 N–H and O–H groups in total. The van der Waals surface area contributed by atoms with Gasteiger partial charge in [-0.15, -0.1) is 20.8 Å². The van der Waals surface area contributed by atoms with Crippen LogP contribution in [-0.2, 0) is 0 Å². The Bertz CT molecular complexity index is 220. The summed E-state index contributed by atoms with van der Waals surface area (Å²) in [6.07, 6.45) is 0. The molecule has 2 unspecified atom stereocenters. The van der Waals surface area contributed by atoms with Gasteiger partial charge in [-0.25, -0.2) is 0 Å². The highest BCUT2D eigenvalue weighted by atomic mass is 35.5. The summed E-state index contributed by atoms with van der Waals surface area (Å²) in [5, 5.41) is 1.29. The first-order valence-corrected chi connectivity index (χ1v) is 4.21. The molecule has 10 heavy (non-hydrogen) atoms. The zero-order valence-electron chi connectivity index (χ0n) is 5.84. The quantitative estimate of drug-likeness (QED) is 0.451. The van der Waals surface area contributed by atoms with E-state index in [4.69, 9.17) is 11.6 Å². The Morgan fingerprint density at radius 2 is 2.00 bits per heavy atom. The van der Waals surface area contributed by atoms with E-state index in [0.717, 1.165) is 0 Å². The van der Waals surface area contributed by atoms with Crippen molar-refractivity contribution in [2.75, 3.05) is 0 Å². The van der Waals surface area contributed by atoms with Crippen LogP contribution in [0.2, 0.25) is 0 Å². The Morgan fingerprint density at radius 3 is 2.40 bits per heavy atom. The van der Waals surface area contributed by atoms with Gasteiger partial charge in [0.25, 0.3) is 0 Å². The van der Waals surface area contributed by atoms with Crippen LogP contribution in [0.15, 0.2) is 24.3 Å². The summed E-state index contributed by atoms with van der Waals surface area (Å²) in [4.78, 5) is 0. The van der Waals surface area contributed by atoms with Gasteiger partial charge in [-0.2, -0.15) is 0 Å². The van der Waals surface area contributed by atoms with E-state index in [2.05, 4.69) is 9.24 Å². The smallest absolute Gasteiger partial charge is 0.0563 e. The molecule has 1 aromatic rings. The van der Waals surface area contributed by atoms with E-state index in [-0.39, 0.29) is 5.38 Å². The molecule has 0 heterocycles. The highest BCUT2D eigenvalue weighted by Crippen LogP contribution is 2.17. The number of halogens is 1. The minimum absolute atomic E-state index is 0.105. The zero-order valence-corrected chi connectivity index (χ0v) is 7.75. The van der Waals surface area contributed by atoms with Crippen molar-refractivity contribution in [3.63, 3.8) is 0 Å². The number of hydrogen-bond acceptors (Lipinski definition) is 0. The Hall–Kier alpha value is -0.0600. The van der Waals surface area contributed by atoms with E-state index in [1.165, 1.54) is 10.9 Å². The Labute approximate surface area is 68.8 Å². The number of benzene rings is 1. The van der Waals surface area contributed by atoms with Crippen LogP contribution >= 0.6 is 20.8 Å². The normalized spacial score (nSPS) is 13.1. The van der Waals surface area contributed by atoms with Crippen molar-refractivity contribution in [2.45, 2.75) is 12.3 Å². The van der Waals surface area contributed by atoms with Gasteiger partial charge in [-0.3, -0.25) is 0 Å². The standard InChI is InChI=1S/C8H10ClP/c1-6(9)7-4-2-3-5-8(7)10/h2-6H,10H2,1H3. The molecule has 0 aromatic heterocycles. The van der Waals surface area contributed by atoms with Crippen LogP contribution in [-0.4, -0.2) is 0 Å². The topological polar surface area (TPSA) is 0 Å². The average molecular weight is 173 g/mol. The molecule has 0 aliphatic heterocycles. The Kier molecular flexibility index (Phi) is 2.71. The maximum absolute atomic E-state index is 5.90. The SMILES string of the molecule is CC(Cl)c1ccccc1P. The summed E-state index contributed by atoms with van der Waals surface area (Å²) in [5.41, 5.74) is 1.19. The predicted molar refractivity (Wildman–Crippen MR) is 50.1 cm³/mol. The third-order valence-corrected chi connectivity index (χ3v) is 2.19. The maximum Gasteiger partial charge on any atom is 0.0563 e. The summed E-state index contributed by atoms with van der Waals surface area (Å²) in [6, 6.07) is 8.09. The third-order valence-electron chi connectivity index (χ3n) is 1.42. The molecular formula is C8H10ClP. The molecule has 2 heteroatoms. The van der Waals surface area contributed by atoms with Crippen molar-refractivity contribution >= 4 is 26.1 Å². The number of rotatable bonds is 1. The van der Waals surface area contributed by atoms with Crippen LogP contribution in [0.1, 0.15) is 17.9 Å². The van der Waals surface area contributed by atoms with Gasteiger partial charge < -0.3 is 0 Å². The lowest BCUT2D eigenvalue weighted by atomic mass is 10.2. The van der Waals surface area contributed by atoms with Gasteiger partial charge in [-0.1, -0.05) is 24.3 Å². The van der Waals surface area contributed by atoms with E-state index in [1.807, 2.05) is 31.2 Å². The molecule has 0 aliphatic rings. The molecule has 0 amide bonds. The van der Waals surface area contributed by atoms with E-state index >= 15 is 0 Å². The van der Waals surface area contributed by atoms with Gasteiger partial charge in [-0.05, 0) is 17.8 Å². The average Bonchev–Trinajstić information content (AvgIpc) is 1.88. The van der Waals surface area contributed by atoms with Crippen LogP contribution in [0, 0.1) is 0 Å². The highest BCUT2D eigenvalue weighted by molar-refractivity contribution is 7.27. The first-order valence-electron chi connectivity index (χ1n) is 3.20. The van der Waals surface area contributed by atoms with Gasteiger partial charge >= 0.3 is 0 Å². The molecule has 0 nitrogen and oxygen atoms in total. The Morgan fingerprint density at radius 1 is 1.40 bits per heavy atom. The van der Waals surface area contributed by atoms with Crippen molar-refractivity contribution in [1.82, 2.24) is 0 Å². The van der Waals surface area contributed by atoms with E-state index in [1.54, 1.807) is 0 Å². The first kappa shape index (κ1) is 8.04. The van der Waals surface area contributed by atoms with E-state index < -0.39 is 0 Å². The minimum atomic E-state index is 0.105. The molecule has 0 radical (unpaired) electrons. The van der Waals surface area contributed by atoms with Crippen molar-refractivity contribution < 1.29 is 0 Å². The van der Waals surface area contributed by atoms with Crippen LogP contribution in [0.3, 0.4) is 0 Å². The molecule has 0 saturated carbocycles. The number of hydrogen-bond donors (Lipinski definition) is 0. The molecule has 0 bridgehead atoms.